The Morgan fingerprint density at radius 3 is 2.21 bits per heavy atom. The molecule has 4 heteroatoms. The lowest BCUT2D eigenvalue weighted by Crippen LogP contribution is -1.92. The summed E-state index contributed by atoms with van der Waals surface area (Å²) in [5.74, 6) is 0. The van der Waals surface area contributed by atoms with Gasteiger partial charge >= 0.3 is 6.16 Å². The van der Waals surface area contributed by atoms with Gasteiger partial charge in [-0.3, -0.25) is 0 Å². The van der Waals surface area contributed by atoms with Crippen molar-refractivity contribution in [3.8, 4) is 0 Å². The fourth-order valence-electron chi connectivity index (χ4n) is 0.865. The van der Waals surface area contributed by atoms with E-state index in [1.54, 1.807) is 7.11 Å². The standard InChI is InChI=1S/C9H12O.CH2O3/c1-10-8-7-9-5-3-2-4-6-9;2-1(3)4/h2-6H,7-8H2,1H3;(H2,2,3,4). The lowest BCUT2D eigenvalue weighted by Gasteiger charge is -1.97. The molecule has 0 heterocycles. The van der Waals surface area contributed by atoms with E-state index in [9.17, 15) is 0 Å². The Kier molecular flexibility index (Phi) is 7.17. The fourth-order valence-corrected chi connectivity index (χ4v) is 0.865. The van der Waals surface area contributed by atoms with Crippen molar-refractivity contribution in [3.63, 3.8) is 0 Å². The molecular formula is C10H14O4. The molecule has 1 rings (SSSR count). The molecule has 0 aliphatic heterocycles. The Bertz CT molecular complexity index is 242. The minimum Gasteiger partial charge on any atom is -0.450 e. The second kappa shape index (κ2) is 8.07. The van der Waals surface area contributed by atoms with Crippen LogP contribution in [-0.4, -0.2) is 30.1 Å². The van der Waals surface area contributed by atoms with Crippen molar-refractivity contribution < 1.29 is 19.7 Å². The van der Waals surface area contributed by atoms with Crippen molar-refractivity contribution in [1.82, 2.24) is 0 Å². The molecule has 1 aromatic carbocycles. The Morgan fingerprint density at radius 2 is 1.79 bits per heavy atom. The highest BCUT2D eigenvalue weighted by Crippen LogP contribution is 1.98. The van der Waals surface area contributed by atoms with Crippen molar-refractivity contribution in [1.29, 1.82) is 0 Å². The summed E-state index contributed by atoms with van der Waals surface area (Å²) in [5, 5.41) is 13.9. The van der Waals surface area contributed by atoms with Crippen molar-refractivity contribution >= 4 is 6.16 Å². The van der Waals surface area contributed by atoms with E-state index in [0.29, 0.717) is 0 Å². The number of methoxy groups -OCH3 is 1. The Hall–Kier alpha value is -1.55. The van der Waals surface area contributed by atoms with Gasteiger partial charge in [0.1, 0.15) is 0 Å². The van der Waals surface area contributed by atoms with Crippen LogP contribution in [0.1, 0.15) is 5.56 Å². The topological polar surface area (TPSA) is 66.8 Å². The van der Waals surface area contributed by atoms with E-state index in [2.05, 4.69) is 12.1 Å². The molecule has 0 spiro atoms. The number of hydrogen-bond donors (Lipinski definition) is 2. The molecule has 0 aliphatic carbocycles. The molecular weight excluding hydrogens is 184 g/mol. The summed E-state index contributed by atoms with van der Waals surface area (Å²) in [5.41, 5.74) is 1.34. The van der Waals surface area contributed by atoms with E-state index in [1.807, 2.05) is 18.2 Å². The third-order valence-corrected chi connectivity index (χ3v) is 1.44. The maximum Gasteiger partial charge on any atom is 0.503 e. The second-order valence-electron chi connectivity index (χ2n) is 2.51. The number of ether oxygens (including phenoxy) is 1. The van der Waals surface area contributed by atoms with Crippen molar-refractivity contribution in [2.24, 2.45) is 0 Å². The first kappa shape index (κ1) is 12.4. The number of benzene rings is 1. The lowest BCUT2D eigenvalue weighted by molar-refractivity contribution is 0.137. The van der Waals surface area contributed by atoms with E-state index in [4.69, 9.17) is 19.7 Å². The Morgan fingerprint density at radius 1 is 1.29 bits per heavy atom. The van der Waals surface area contributed by atoms with Gasteiger partial charge in [-0.05, 0) is 12.0 Å². The quantitative estimate of drug-likeness (QED) is 0.780. The Balaban J connectivity index is 0.000000364. The SMILES string of the molecule is COCCc1ccccc1.O=C(O)O. The minimum absolute atomic E-state index is 0.810. The molecule has 0 unspecified atom stereocenters. The number of hydrogen-bond acceptors (Lipinski definition) is 2. The highest BCUT2D eigenvalue weighted by Gasteiger charge is 1.87. The van der Waals surface area contributed by atoms with Gasteiger partial charge in [-0.1, -0.05) is 30.3 Å². The third-order valence-electron chi connectivity index (χ3n) is 1.44. The fraction of sp³-hybridized carbons (Fsp3) is 0.300. The Labute approximate surface area is 82.8 Å². The molecule has 78 valence electrons. The summed E-state index contributed by atoms with van der Waals surface area (Å²) in [4.78, 5) is 8.56. The van der Waals surface area contributed by atoms with Gasteiger partial charge in [0.25, 0.3) is 0 Å². The van der Waals surface area contributed by atoms with Crippen molar-refractivity contribution in [2.45, 2.75) is 6.42 Å². The lowest BCUT2D eigenvalue weighted by atomic mass is 10.2. The molecule has 0 amide bonds. The van der Waals surface area contributed by atoms with Gasteiger partial charge in [0.2, 0.25) is 0 Å². The summed E-state index contributed by atoms with van der Waals surface area (Å²) < 4.78 is 4.95. The smallest absolute Gasteiger partial charge is 0.450 e. The highest BCUT2D eigenvalue weighted by molar-refractivity contribution is 5.53. The van der Waals surface area contributed by atoms with E-state index in [1.165, 1.54) is 5.56 Å². The summed E-state index contributed by atoms with van der Waals surface area (Å²) in [6.07, 6.45) is -0.822. The first-order valence-electron chi connectivity index (χ1n) is 4.11. The predicted molar refractivity (Wildman–Crippen MR) is 52.7 cm³/mol. The molecule has 0 radical (unpaired) electrons. The van der Waals surface area contributed by atoms with Crippen LogP contribution in [0.15, 0.2) is 30.3 Å². The predicted octanol–water partition coefficient (Wildman–Crippen LogP) is 2.10. The molecule has 0 aromatic heterocycles. The van der Waals surface area contributed by atoms with Crippen LogP contribution in [0.3, 0.4) is 0 Å². The van der Waals surface area contributed by atoms with Gasteiger partial charge in [-0.2, -0.15) is 0 Å². The van der Waals surface area contributed by atoms with Crippen LogP contribution in [0.25, 0.3) is 0 Å². The summed E-state index contributed by atoms with van der Waals surface area (Å²) in [6.45, 7) is 0.810. The maximum absolute atomic E-state index is 8.56. The molecule has 0 bridgehead atoms. The average Bonchev–Trinajstić information content (AvgIpc) is 2.15. The average molecular weight is 198 g/mol. The number of carbonyl (C=O) groups is 1. The van der Waals surface area contributed by atoms with Gasteiger partial charge in [-0.15, -0.1) is 0 Å². The van der Waals surface area contributed by atoms with Gasteiger partial charge in [0.15, 0.2) is 0 Å². The van der Waals surface area contributed by atoms with E-state index < -0.39 is 6.16 Å². The van der Waals surface area contributed by atoms with Gasteiger partial charge in [0, 0.05) is 7.11 Å². The van der Waals surface area contributed by atoms with E-state index in [0.717, 1.165) is 13.0 Å². The van der Waals surface area contributed by atoms with Crippen LogP contribution in [-0.2, 0) is 11.2 Å². The van der Waals surface area contributed by atoms with Crippen LogP contribution >= 0.6 is 0 Å². The first-order chi connectivity index (χ1) is 6.66. The molecule has 0 atom stereocenters. The number of carboxylic acid groups (broad SMARTS) is 2. The minimum atomic E-state index is -1.83. The zero-order valence-electron chi connectivity index (χ0n) is 8.01. The van der Waals surface area contributed by atoms with Crippen LogP contribution in [0.2, 0.25) is 0 Å². The molecule has 0 saturated carbocycles. The van der Waals surface area contributed by atoms with Crippen LogP contribution in [0.5, 0.6) is 0 Å². The summed E-state index contributed by atoms with van der Waals surface area (Å²) in [6, 6.07) is 10.3. The van der Waals surface area contributed by atoms with Crippen molar-refractivity contribution in [3.05, 3.63) is 35.9 Å². The molecule has 0 fully saturated rings. The van der Waals surface area contributed by atoms with E-state index in [-0.39, 0.29) is 0 Å². The molecule has 14 heavy (non-hydrogen) atoms. The zero-order valence-corrected chi connectivity index (χ0v) is 8.01. The summed E-state index contributed by atoms with van der Waals surface area (Å²) >= 11 is 0. The first-order valence-corrected chi connectivity index (χ1v) is 4.11. The summed E-state index contributed by atoms with van der Waals surface area (Å²) in [7, 11) is 1.73. The largest absolute Gasteiger partial charge is 0.503 e. The van der Waals surface area contributed by atoms with Gasteiger partial charge in [-0.25, -0.2) is 4.79 Å². The van der Waals surface area contributed by atoms with Crippen LogP contribution < -0.4 is 0 Å². The van der Waals surface area contributed by atoms with Crippen LogP contribution in [0, 0.1) is 0 Å². The number of rotatable bonds is 3. The highest BCUT2D eigenvalue weighted by atomic mass is 16.6. The monoisotopic (exact) mass is 198 g/mol. The molecule has 0 saturated heterocycles. The second-order valence-corrected chi connectivity index (χ2v) is 2.51. The molecule has 4 nitrogen and oxygen atoms in total. The normalized spacial score (nSPS) is 8.64. The third kappa shape index (κ3) is 8.55. The van der Waals surface area contributed by atoms with Gasteiger partial charge < -0.3 is 14.9 Å². The molecule has 2 N–H and O–H groups in total. The van der Waals surface area contributed by atoms with E-state index >= 15 is 0 Å². The van der Waals surface area contributed by atoms with Gasteiger partial charge in [0.05, 0.1) is 6.61 Å². The van der Waals surface area contributed by atoms with Crippen LogP contribution in [0.4, 0.5) is 4.79 Å². The van der Waals surface area contributed by atoms with Crippen molar-refractivity contribution in [2.75, 3.05) is 13.7 Å². The molecule has 0 aliphatic rings. The zero-order chi connectivity index (χ0) is 10.8. The maximum atomic E-state index is 8.56. The molecule has 1 aromatic rings.